The Kier molecular flexibility index (Phi) is 3.26. The molecule has 3 nitrogen and oxygen atoms in total. The molecule has 2 aromatic rings. The molecule has 20 heavy (non-hydrogen) atoms. The van der Waals surface area contributed by atoms with Crippen LogP contribution in [0.25, 0.3) is 0 Å². The Hall–Kier alpha value is -2.16. The Morgan fingerprint density at radius 1 is 1.15 bits per heavy atom. The Balaban J connectivity index is 2.07. The van der Waals surface area contributed by atoms with Crippen LogP contribution in [0.1, 0.15) is 39.3 Å². The fourth-order valence-electron chi connectivity index (χ4n) is 2.64. The van der Waals surface area contributed by atoms with E-state index in [0.29, 0.717) is 17.7 Å². The third-order valence-corrected chi connectivity index (χ3v) is 3.65. The number of ketones is 1. The summed E-state index contributed by atoms with van der Waals surface area (Å²) in [5, 5.41) is 0. The number of carbonyl (C=O) groups excluding carboxylic acids is 1. The van der Waals surface area contributed by atoms with Crippen LogP contribution in [-0.2, 0) is 6.42 Å². The molecule has 0 unspecified atom stereocenters. The summed E-state index contributed by atoms with van der Waals surface area (Å²) >= 11 is 0. The largest absolute Gasteiger partial charge is 0.493 e. The average molecular weight is 267 g/mol. The topological polar surface area (TPSA) is 39.2 Å². The molecule has 0 saturated heterocycles. The van der Waals surface area contributed by atoms with E-state index in [9.17, 15) is 4.79 Å². The van der Waals surface area contributed by atoms with Gasteiger partial charge in [0.1, 0.15) is 5.75 Å². The van der Waals surface area contributed by atoms with E-state index in [4.69, 9.17) is 4.74 Å². The van der Waals surface area contributed by atoms with Crippen molar-refractivity contribution in [2.24, 2.45) is 0 Å². The highest BCUT2D eigenvalue weighted by Crippen LogP contribution is 2.30. The highest BCUT2D eigenvalue weighted by Gasteiger charge is 2.21. The lowest BCUT2D eigenvalue weighted by Crippen LogP contribution is -2.14. The lowest BCUT2D eigenvalue weighted by atomic mass is 9.96. The van der Waals surface area contributed by atoms with Gasteiger partial charge in [-0.2, -0.15) is 0 Å². The van der Waals surface area contributed by atoms with Crippen LogP contribution < -0.4 is 4.74 Å². The molecule has 0 atom stereocenters. The zero-order valence-electron chi connectivity index (χ0n) is 11.8. The first-order valence-corrected chi connectivity index (χ1v) is 6.90. The molecule has 0 saturated carbocycles. The van der Waals surface area contributed by atoms with E-state index in [-0.39, 0.29) is 5.78 Å². The molecule has 0 aliphatic carbocycles. The molecular formula is C17H17NO2. The van der Waals surface area contributed by atoms with Gasteiger partial charge in [-0.05, 0) is 50.5 Å². The molecule has 0 radical (unpaired) electrons. The minimum atomic E-state index is -0.00579. The monoisotopic (exact) mass is 267 g/mol. The fourth-order valence-corrected chi connectivity index (χ4v) is 2.64. The molecule has 3 heteroatoms. The predicted molar refractivity (Wildman–Crippen MR) is 77.4 cm³/mol. The van der Waals surface area contributed by atoms with Gasteiger partial charge in [0.05, 0.1) is 12.2 Å². The molecule has 2 heterocycles. The van der Waals surface area contributed by atoms with Gasteiger partial charge in [0.2, 0.25) is 0 Å². The lowest BCUT2D eigenvalue weighted by molar-refractivity contribution is 0.103. The second kappa shape index (κ2) is 5.08. The van der Waals surface area contributed by atoms with Crippen molar-refractivity contribution in [3.05, 3.63) is 58.4 Å². The fraction of sp³-hybridized carbons (Fsp3) is 0.294. The van der Waals surface area contributed by atoms with Gasteiger partial charge in [-0.1, -0.05) is 12.1 Å². The molecule has 102 valence electrons. The molecule has 0 amide bonds. The first-order chi connectivity index (χ1) is 9.66. The summed E-state index contributed by atoms with van der Waals surface area (Å²) in [5.74, 6) is 0.748. The number of ether oxygens (including phenoxy) is 1. The predicted octanol–water partition coefficient (Wildman–Crippen LogP) is 3.25. The summed E-state index contributed by atoms with van der Waals surface area (Å²) in [5.41, 5.74) is 4.11. The highest BCUT2D eigenvalue weighted by atomic mass is 16.5. The van der Waals surface area contributed by atoms with Crippen LogP contribution in [0.2, 0.25) is 0 Å². The van der Waals surface area contributed by atoms with Crippen LogP contribution >= 0.6 is 0 Å². The van der Waals surface area contributed by atoms with Crippen molar-refractivity contribution in [2.45, 2.75) is 26.7 Å². The SMILES string of the molecule is Cc1ccc(C(=O)c2cccc3c2OCCC3)c(C)n1. The van der Waals surface area contributed by atoms with Crippen LogP contribution in [0.15, 0.2) is 30.3 Å². The highest BCUT2D eigenvalue weighted by molar-refractivity contribution is 6.11. The maximum atomic E-state index is 12.7. The molecule has 0 fully saturated rings. The zero-order valence-corrected chi connectivity index (χ0v) is 11.8. The van der Waals surface area contributed by atoms with Crippen LogP contribution in [0, 0.1) is 13.8 Å². The van der Waals surface area contributed by atoms with Crippen molar-refractivity contribution in [1.82, 2.24) is 4.98 Å². The number of aryl methyl sites for hydroxylation is 3. The van der Waals surface area contributed by atoms with Crippen LogP contribution in [0.4, 0.5) is 0 Å². The van der Waals surface area contributed by atoms with Gasteiger partial charge in [-0.25, -0.2) is 0 Å². The van der Waals surface area contributed by atoms with Crippen LogP contribution in [-0.4, -0.2) is 17.4 Å². The van der Waals surface area contributed by atoms with E-state index in [0.717, 1.165) is 35.5 Å². The first-order valence-electron chi connectivity index (χ1n) is 6.90. The average Bonchev–Trinajstić information content (AvgIpc) is 2.46. The quantitative estimate of drug-likeness (QED) is 0.784. The normalized spacial score (nSPS) is 13.5. The number of hydrogen-bond acceptors (Lipinski definition) is 3. The minimum Gasteiger partial charge on any atom is -0.493 e. The van der Waals surface area contributed by atoms with Crippen molar-refractivity contribution < 1.29 is 9.53 Å². The number of nitrogens with zero attached hydrogens (tertiary/aromatic N) is 1. The molecule has 0 spiro atoms. The summed E-state index contributed by atoms with van der Waals surface area (Å²) in [6.07, 6.45) is 1.98. The molecule has 3 rings (SSSR count). The molecule has 1 aromatic carbocycles. The van der Waals surface area contributed by atoms with Gasteiger partial charge in [-0.15, -0.1) is 0 Å². The first kappa shape index (κ1) is 12.9. The molecule has 1 aliphatic heterocycles. The second-order valence-electron chi connectivity index (χ2n) is 5.16. The van der Waals surface area contributed by atoms with Gasteiger partial charge >= 0.3 is 0 Å². The van der Waals surface area contributed by atoms with Crippen molar-refractivity contribution in [2.75, 3.05) is 6.61 Å². The summed E-state index contributed by atoms with van der Waals surface area (Å²) in [6, 6.07) is 9.52. The van der Waals surface area contributed by atoms with Gasteiger partial charge < -0.3 is 4.74 Å². The lowest BCUT2D eigenvalue weighted by Gasteiger charge is -2.20. The summed E-state index contributed by atoms with van der Waals surface area (Å²) in [7, 11) is 0. The van der Waals surface area contributed by atoms with E-state index >= 15 is 0 Å². The Morgan fingerprint density at radius 2 is 2.00 bits per heavy atom. The Morgan fingerprint density at radius 3 is 2.80 bits per heavy atom. The van der Waals surface area contributed by atoms with Gasteiger partial charge in [0.25, 0.3) is 0 Å². The third-order valence-electron chi connectivity index (χ3n) is 3.65. The van der Waals surface area contributed by atoms with E-state index < -0.39 is 0 Å². The number of aromatic nitrogens is 1. The van der Waals surface area contributed by atoms with Crippen LogP contribution in [0.5, 0.6) is 5.75 Å². The number of benzene rings is 1. The zero-order chi connectivity index (χ0) is 14.1. The molecule has 0 N–H and O–H groups in total. The van der Waals surface area contributed by atoms with E-state index in [2.05, 4.69) is 4.98 Å². The summed E-state index contributed by atoms with van der Waals surface area (Å²) < 4.78 is 5.72. The Labute approximate surface area is 118 Å². The van der Waals surface area contributed by atoms with Crippen molar-refractivity contribution in [3.63, 3.8) is 0 Å². The molecule has 1 aromatic heterocycles. The number of hydrogen-bond donors (Lipinski definition) is 0. The minimum absolute atomic E-state index is 0.00579. The maximum Gasteiger partial charge on any atom is 0.198 e. The van der Waals surface area contributed by atoms with E-state index in [1.54, 1.807) is 0 Å². The van der Waals surface area contributed by atoms with Gasteiger partial charge in [0.15, 0.2) is 5.78 Å². The summed E-state index contributed by atoms with van der Waals surface area (Å²) in [4.78, 5) is 17.1. The molecule has 0 bridgehead atoms. The van der Waals surface area contributed by atoms with Gasteiger partial charge in [-0.3, -0.25) is 9.78 Å². The smallest absolute Gasteiger partial charge is 0.198 e. The van der Waals surface area contributed by atoms with Gasteiger partial charge in [0, 0.05) is 17.0 Å². The number of rotatable bonds is 2. The number of para-hydroxylation sites is 1. The number of fused-ring (bicyclic) bond motifs is 1. The van der Waals surface area contributed by atoms with E-state index in [1.165, 1.54) is 0 Å². The maximum absolute atomic E-state index is 12.7. The second-order valence-corrected chi connectivity index (χ2v) is 5.16. The van der Waals surface area contributed by atoms with Crippen molar-refractivity contribution >= 4 is 5.78 Å². The van der Waals surface area contributed by atoms with E-state index in [1.807, 2.05) is 44.2 Å². The molecule has 1 aliphatic rings. The molecular weight excluding hydrogens is 250 g/mol. The van der Waals surface area contributed by atoms with Crippen LogP contribution in [0.3, 0.4) is 0 Å². The Bertz CT molecular complexity index is 677. The van der Waals surface area contributed by atoms with Crippen molar-refractivity contribution in [1.29, 1.82) is 0 Å². The van der Waals surface area contributed by atoms with Crippen molar-refractivity contribution in [3.8, 4) is 5.75 Å². The third kappa shape index (κ3) is 2.20. The number of pyridine rings is 1. The number of carbonyl (C=O) groups is 1. The standard InChI is InChI=1S/C17H17NO2/c1-11-8-9-14(12(2)18-11)16(19)15-7-3-5-13-6-4-10-20-17(13)15/h3,5,7-9H,4,6,10H2,1-2H3. The summed E-state index contributed by atoms with van der Waals surface area (Å²) in [6.45, 7) is 4.48.